The van der Waals surface area contributed by atoms with Gasteiger partial charge < -0.3 is 9.84 Å². The van der Waals surface area contributed by atoms with Gasteiger partial charge >= 0.3 is 0 Å². The van der Waals surface area contributed by atoms with Gasteiger partial charge in [0.05, 0.1) is 0 Å². The van der Waals surface area contributed by atoms with E-state index in [1.54, 1.807) is 6.08 Å². The van der Waals surface area contributed by atoms with Gasteiger partial charge in [-0.05, 0) is 19.8 Å². The third kappa shape index (κ3) is 18.5. The minimum absolute atomic E-state index is 0.545. The van der Waals surface area contributed by atoms with Gasteiger partial charge in [0.1, 0.15) is 0 Å². The summed E-state index contributed by atoms with van der Waals surface area (Å²) in [6.45, 7) is 10.0. The Kier molecular flexibility index (Phi) is 16.5. The molecule has 0 aliphatic heterocycles. The second-order valence-electron chi connectivity index (χ2n) is 2.85. The summed E-state index contributed by atoms with van der Waals surface area (Å²) in [5.74, 6) is 0. The highest BCUT2D eigenvalue weighted by Gasteiger charge is 1.97. The Morgan fingerprint density at radius 3 is 2.31 bits per heavy atom. The largest absolute Gasteiger partial charge is 0.368 e. The van der Waals surface area contributed by atoms with E-state index in [0.29, 0.717) is 13.0 Å². The van der Waals surface area contributed by atoms with Crippen LogP contribution in [0.5, 0.6) is 0 Å². The molecule has 0 saturated heterocycles. The van der Waals surface area contributed by atoms with E-state index in [0.717, 1.165) is 6.42 Å². The fourth-order valence-corrected chi connectivity index (χ4v) is 0.689. The molecule has 0 radical (unpaired) electrons. The van der Waals surface area contributed by atoms with E-state index in [1.165, 1.54) is 12.8 Å². The first-order chi connectivity index (χ1) is 6.22. The first-order valence-electron chi connectivity index (χ1n) is 5.09. The number of ether oxygens (including phenoxy) is 1. The molecule has 0 spiro atoms. The van der Waals surface area contributed by atoms with Crippen molar-refractivity contribution in [2.45, 2.75) is 52.7 Å². The molecule has 0 rings (SSSR count). The zero-order valence-electron chi connectivity index (χ0n) is 9.25. The molecular weight excluding hydrogens is 164 g/mol. The summed E-state index contributed by atoms with van der Waals surface area (Å²) in [6.07, 6.45) is 5.35. The topological polar surface area (TPSA) is 29.5 Å². The van der Waals surface area contributed by atoms with Crippen LogP contribution in [0.2, 0.25) is 0 Å². The zero-order valence-corrected chi connectivity index (χ0v) is 9.25. The maximum atomic E-state index is 8.94. The number of aliphatic hydroxyl groups is 1. The van der Waals surface area contributed by atoms with Crippen molar-refractivity contribution in [1.82, 2.24) is 0 Å². The lowest BCUT2D eigenvalue weighted by Gasteiger charge is -2.07. The third-order valence-electron chi connectivity index (χ3n) is 1.41. The second-order valence-corrected chi connectivity index (χ2v) is 2.85. The summed E-state index contributed by atoms with van der Waals surface area (Å²) >= 11 is 0. The molecule has 0 aromatic rings. The molecule has 2 nitrogen and oxygen atoms in total. The lowest BCUT2D eigenvalue weighted by Crippen LogP contribution is -2.10. The third-order valence-corrected chi connectivity index (χ3v) is 1.41. The second kappa shape index (κ2) is 14.2. The van der Waals surface area contributed by atoms with Crippen LogP contribution in [0.25, 0.3) is 0 Å². The van der Waals surface area contributed by atoms with Gasteiger partial charge in [-0.2, -0.15) is 0 Å². The molecule has 1 N–H and O–H groups in total. The van der Waals surface area contributed by atoms with E-state index >= 15 is 0 Å². The van der Waals surface area contributed by atoms with Crippen LogP contribution in [-0.4, -0.2) is 18.0 Å². The van der Waals surface area contributed by atoms with E-state index in [4.69, 9.17) is 9.84 Å². The molecule has 0 aromatic heterocycles. The van der Waals surface area contributed by atoms with Gasteiger partial charge in [-0.15, -0.1) is 6.58 Å². The minimum atomic E-state index is -0.545. The van der Waals surface area contributed by atoms with E-state index < -0.39 is 6.29 Å². The van der Waals surface area contributed by atoms with Crippen LogP contribution in [0.15, 0.2) is 12.7 Å². The molecule has 2 heteroatoms. The lowest BCUT2D eigenvalue weighted by molar-refractivity contribution is -0.101. The van der Waals surface area contributed by atoms with Crippen LogP contribution in [-0.2, 0) is 4.74 Å². The molecule has 0 aromatic carbocycles. The summed E-state index contributed by atoms with van der Waals surface area (Å²) in [6, 6.07) is 0. The van der Waals surface area contributed by atoms with E-state index in [9.17, 15) is 0 Å². The monoisotopic (exact) mass is 188 g/mol. The quantitative estimate of drug-likeness (QED) is 0.394. The first kappa shape index (κ1) is 15.1. The summed E-state index contributed by atoms with van der Waals surface area (Å²) < 4.78 is 5.05. The number of hydrogen-bond donors (Lipinski definition) is 1. The van der Waals surface area contributed by atoms with Crippen molar-refractivity contribution in [1.29, 1.82) is 0 Å². The Labute approximate surface area is 82.6 Å². The Balaban J connectivity index is 0. The van der Waals surface area contributed by atoms with Crippen LogP contribution in [0.1, 0.15) is 46.5 Å². The maximum Gasteiger partial charge on any atom is 0.154 e. The van der Waals surface area contributed by atoms with Crippen molar-refractivity contribution in [3.8, 4) is 0 Å². The first-order valence-corrected chi connectivity index (χ1v) is 5.09. The zero-order chi connectivity index (χ0) is 10.5. The van der Waals surface area contributed by atoms with E-state index in [2.05, 4.69) is 13.5 Å². The Bertz CT molecular complexity index is 92.1. The average Bonchev–Trinajstić information content (AvgIpc) is 2.13. The normalized spacial score (nSPS) is 11.4. The van der Waals surface area contributed by atoms with Crippen molar-refractivity contribution in [3.05, 3.63) is 12.7 Å². The highest BCUT2D eigenvalue weighted by Crippen LogP contribution is 1.98. The summed E-state index contributed by atoms with van der Waals surface area (Å²) in [5.41, 5.74) is 0. The Hall–Kier alpha value is -0.340. The molecule has 0 aliphatic carbocycles. The van der Waals surface area contributed by atoms with Crippen molar-refractivity contribution in [2.75, 3.05) is 6.61 Å². The summed E-state index contributed by atoms with van der Waals surface area (Å²) in [7, 11) is 0. The highest BCUT2D eigenvalue weighted by atomic mass is 16.6. The molecule has 1 unspecified atom stereocenters. The van der Waals surface area contributed by atoms with Crippen LogP contribution >= 0.6 is 0 Å². The SMILES string of the molecule is C=CC.CCCCCOC(O)CC. The van der Waals surface area contributed by atoms with Crippen LogP contribution < -0.4 is 0 Å². The minimum Gasteiger partial charge on any atom is -0.368 e. The van der Waals surface area contributed by atoms with Gasteiger partial charge in [0.25, 0.3) is 0 Å². The van der Waals surface area contributed by atoms with Crippen LogP contribution in [0.3, 0.4) is 0 Å². The predicted octanol–water partition coefficient (Wildman–Crippen LogP) is 3.11. The predicted molar refractivity (Wildman–Crippen MR) is 57.6 cm³/mol. The smallest absolute Gasteiger partial charge is 0.154 e. The van der Waals surface area contributed by atoms with Gasteiger partial charge in [-0.3, -0.25) is 0 Å². The molecule has 0 fully saturated rings. The van der Waals surface area contributed by atoms with E-state index in [1.807, 2.05) is 13.8 Å². The Morgan fingerprint density at radius 1 is 1.38 bits per heavy atom. The summed E-state index contributed by atoms with van der Waals surface area (Å²) in [4.78, 5) is 0. The molecule has 0 aliphatic rings. The van der Waals surface area contributed by atoms with Crippen molar-refractivity contribution in [3.63, 3.8) is 0 Å². The molecule has 0 heterocycles. The van der Waals surface area contributed by atoms with Crippen molar-refractivity contribution >= 4 is 0 Å². The molecule has 0 saturated carbocycles. The number of aliphatic hydroxyl groups excluding tert-OH is 1. The molecule has 0 bridgehead atoms. The summed E-state index contributed by atoms with van der Waals surface area (Å²) in [5, 5.41) is 8.94. The lowest BCUT2D eigenvalue weighted by atomic mass is 10.3. The number of allylic oxidation sites excluding steroid dienone is 1. The van der Waals surface area contributed by atoms with E-state index in [-0.39, 0.29) is 0 Å². The molecule has 0 amide bonds. The standard InChI is InChI=1S/C8H18O2.C3H6/c1-3-5-6-7-10-8(9)4-2;1-3-2/h8-9H,3-7H2,1-2H3;3H,1H2,2H3. The molecular formula is C11H24O2. The molecule has 13 heavy (non-hydrogen) atoms. The highest BCUT2D eigenvalue weighted by molar-refractivity contribution is 4.51. The fraction of sp³-hybridized carbons (Fsp3) is 0.818. The maximum absolute atomic E-state index is 8.94. The average molecular weight is 188 g/mol. The van der Waals surface area contributed by atoms with Gasteiger partial charge in [0, 0.05) is 6.61 Å². The number of hydrogen-bond acceptors (Lipinski definition) is 2. The molecule has 80 valence electrons. The van der Waals surface area contributed by atoms with Gasteiger partial charge in [0.2, 0.25) is 0 Å². The van der Waals surface area contributed by atoms with Gasteiger partial charge in [0.15, 0.2) is 6.29 Å². The van der Waals surface area contributed by atoms with Gasteiger partial charge in [-0.25, -0.2) is 0 Å². The van der Waals surface area contributed by atoms with Crippen molar-refractivity contribution in [2.24, 2.45) is 0 Å². The van der Waals surface area contributed by atoms with Crippen LogP contribution in [0, 0.1) is 0 Å². The number of rotatable bonds is 6. The van der Waals surface area contributed by atoms with Crippen LogP contribution in [0.4, 0.5) is 0 Å². The van der Waals surface area contributed by atoms with Crippen molar-refractivity contribution < 1.29 is 9.84 Å². The fourth-order valence-electron chi connectivity index (χ4n) is 0.689. The Morgan fingerprint density at radius 2 is 1.92 bits per heavy atom. The number of unbranched alkanes of at least 4 members (excludes halogenated alkanes) is 2. The molecule has 1 atom stereocenters. The van der Waals surface area contributed by atoms with Gasteiger partial charge in [-0.1, -0.05) is 32.8 Å².